The first-order chi connectivity index (χ1) is 17.5. The largest absolute Gasteiger partial charge is 0.378 e. The van der Waals surface area contributed by atoms with E-state index in [1.807, 2.05) is 24.5 Å². The monoisotopic (exact) mass is 476 g/mol. The van der Waals surface area contributed by atoms with E-state index in [-0.39, 0.29) is 23.9 Å². The lowest BCUT2D eigenvalue weighted by Crippen LogP contribution is -2.54. The van der Waals surface area contributed by atoms with Gasteiger partial charge in [0, 0.05) is 75.9 Å². The highest BCUT2D eigenvalue weighted by Crippen LogP contribution is 2.54. The van der Waals surface area contributed by atoms with Crippen molar-refractivity contribution in [3.63, 3.8) is 0 Å². The summed E-state index contributed by atoms with van der Waals surface area (Å²) in [7, 11) is 8.23. The molecular weight excluding hydrogens is 444 g/mol. The summed E-state index contributed by atoms with van der Waals surface area (Å²) < 4.78 is 0. The van der Waals surface area contributed by atoms with Gasteiger partial charge in [-0.3, -0.25) is 0 Å². The molecule has 0 spiro atoms. The lowest BCUT2D eigenvalue weighted by molar-refractivity contribution is 0.426. The Kier molecular flexibility index (Phi) is 5.52. The quantitative estimate of drug-likeness (QED) is 0.401. The second kappa shape index (κ2) is 8.86. The van der Waals surface area contributed by atoms with Crippen molar-refractivity contribution in [3.8, 4) is 0 Å². The Morgan fingerprint density at radius 2 is 0.917 bits per heavy atom. The first-order valence-corrected chi connectivity index (χ1v) is 12.5. The Balaban J connectivity index is 1.48. The molecule has 36 heavy (non-hydrogen) atoms. The summed E-state index contributed by atoms with van der Waals surface area (Å²) in [4.78, 5) is 13.6. The molecule has 7 rings (SSSR count). The Labute approximate surface area is 213 Å². The van der Waals surface area contributed by atoms with Crippen molar-refractivity contribution in [2.75, 3.05) is 48.6 Å². The first-order valence-electron chi connectivity index (χ1n) is 12.5. The molecule has 6 heteroatoms. The fraction of sp³-hybridized carbons (Fsp3) is 0.267. The summed E-state index contributed by atoms with van der Waals surface area (Å²) in [6.07, 6.45) is 3.76. The molecule has 2 aromatic heterocycles. The predicted octanol–water partition coefficient (Wildman–Crippen LogP) is 5.16. The number of anilines is 4. The van der Waals surface area contributed by atoms with Crippen LogP contribution in [-0.4, -0.2) is 50.2 Å². The molecule has 2 heterocycles. The molecule has 0 fully saturated rings. The Hall–Kier alpha value is -4.06. The van der Waals surface area contributed by atoms with Crippen LogP contribution in [0.3, 0.4) is 0 Å². The fourth-order valence-corrected chi connectivity index (χ4v) is 5.92. The third-order valence-corrected chi connectivity index (χ3v) is 7.59. The van der Waals surface area contributed by atoms with Crippen LogP contribution in [0.2, 0.25) is 0 Å². The number of hydrogen-bond donors (Lipinski definition) is 2. The molecule has 0 saturated carbocycles. The van der Waals surface area contributed by atoms with E-state index in [2.05, 4.69) is 109 Å². The number of nitrogens with zero attached hydrogens (tertiary/aromatic N) is 4. The van der Waals surface area contributed by atoms with Crippen LogP contribution in [0.15, 0.2) is 85.2 Å². The van der Waals surface area contributed by atoms with Crippen molar-refractivity contribution in [1.29, 1.82) is 0 Å². The number of fused-ring (bicyclic) bond motifs is 1. The van der Waals surface area contributed by atoms with Gasteiger partial charge in [0.15, 0.2) is 0 Å². The third-order valence-electron chi connectivity index (χ3n) is 7.59. The zero-order chi connectivity index (χ0) is 24.8. The van der Waals surface area contributed by atoms with Crippen molar-refractivity contribution in [2.45, 2.75) is 23.9 Å². The highest BCUT2D eigenvalue weighted by atomic mass is 15.1. The van der Waals surface area contributed by atoms with Gasteiger partial charge < -0.3 is 20.4 Å². The maximum atomic E-state index is 4.70. The highest BCUT2D eigenvalue weighted by Gasteiger charge is 2.50. The zero-order valence-corrected chi connectivity index (χ0v) is 21.2. The van der Waals surface area contributed by atoms with Crippen molar-refractivity contribution in [1.82, 2.24) is 9.97 Å². The molecule has 0 unspecified atom stereocenters. The van der Waals surface area contributed by atoms with Gasteiger partial charge in [-0.05, 0) is 34.4 Å². The van der Waals surface area contributed by atoms with Gasteiger partial charge in [0.05, 0.1) is 12.1 Å². The molecule has 0 aliphatic heterocycles. The topological polar surface area (TPSA) is 56.3 Å². The number of rotatable bonds is 6. The van der Waals surface area contributed by atoms with Gasteiger partial charge in [0.1, 0.15) is 11.6 Å². The number of hydrogen-bond acceptors (Lipinski definition) is 6. The molecule has 2 aromatic carbocycles. The van der Waals surface area contributed by atoms with Crippen LogP contribution in [0.4, 0.5) is 23.0 Å². The van der Waals surface area contributed by atoms with Crippen molar-refractivity contribution in [2.24, 2.45) is 0 Å². The summed E-state index contributed by atoms with van der Waals surface area (Å²) in [5.41, 5.74) is 7.84. The van der Waals surface area contributed by atoms with Gasteiger partial charge in [-0.15, -0.1) is 0 Å². The Morgan fingerprint density at radius 3 is 1.25 bits per heavy atom. The van der Waals surface area contributed by atoms with Gasteiger partial charge in [-0.25, -0.2) is 9.97 Å². The summed E-state index contributed by atoms with van der Waals surface area (Å²) >= 11 is 0. The van der Waals surface area contributed by atoms with Crippen LogP contribution in [-0.2, 0) is 0 Å². The molecule has 0 amide bonds. The molecule has 2 bridgehead atoms. The van der Waals surface area contributed by atoms with E-state index in [0.29, 0.717) is 0 Å². The molecular formula is C30H32N6. The number of benzene rings is 2. The lowest BCUT2D eigenvalue weighted by Gasteiger charge is -2.51. The van der Waals surface area contributed by atoms with Crippen LogP contribution in [0, 0.1) is 0 Å². The maximum Gasteiger partial charge on any atom is 0.128 e. The van der Waals surface area contributed by atoms with Gasteiger partial charge in [-0.1, -0.05) is 48.5 Å². The number of nitrogens with one attached hydrogen (secondary N) is 2. The van der Waals surface area contributed by atoms with E-state index < -0.39 is 0 Å². The van der Waals surface area contributed by atoms with Crippen LogP contribution >= 0.6 is 0 Å². The van der Waals surface area contributed by atoms with Crippen LogP contribution in [0.5, 0.6) is 0 Å². The average Bonchev–Trinajstić information content (AvgIpc) is 2.90. The van der Waals surface area contributed by atoms with Gasteiger partial charge in [0.2, 0.25) is 0 Å². The van der Waals surface area contributed by atoms with Crippen LogP contribution in [0.25, 0.3) is 0 Å². The molecule has 2 atom stereocenters. The minimum Gasteiger partial charge on any atom is -0.378 e. The molecule has 6 nitrogen and oxygen atoms in total. The zero-order valence-electron chi connectivity index (χ0n) is 21.2. The van der Waals surface area contributed by atoms with E-state index in [1.54, 1.807) is 0 Å². The van der Waals surface area contributed by atoms with Gasteiger partial charge in [0.25, 0.3) is 0 Å². The van der Waals surface area contributed by atoms with Gasteiger partial charge in [-0.2, -0.15) is 0 Å². The Morgan fingerprint density at radius 1 is 0.556 bits per heavy atom. The first kappa shape index (κ1) is 22.4. The van der Waals surface area contributed by atoms with Crippen molar-refractivity contribution < 1.29 is 0 Å². The summed E-state index contributed by atoms with van der Waals surface area (Å²) in [5.74, 6) is 2.16. The average molecular weight is 477 g/mol. The highest BCUT2D eigenvalue weighted by molar-refractivity contribution is 5.64. The van der Waals surface area contributed by atoms with E-state index in [4.69, 9.17) is 9.97 Å². The standard InChI is InChI=1S/C30H32N6/c1-35(2)19-13-15-31-25(17-19)33-29-27-21-9-5-7-11-23(21)28(24-12-8-6-10-22(24)27)30(29)34-26-18-20(36(3)4)14-16-32-26/h5-18,27-30H,1-4H3,(H,31,33)(H,32,34)/t27?,28?,29-,30-/m0/s1. The number of pyridine rings is 2. The smallest absolute Gasteiger partial charge is 0.128 e. The molecule has 3 aliphatic rings. The number of aromatic nitrogens is 2. The minimum absolute atomic E-state index is 0.0922. The molecule has 3 aliphatic carbocycles. The molecule has 4 aromatic rings. The molecule has 0 saturated heterocycles. The molecule has 0 radical (unpaired) electrons. The molecule has 182 valence electrons. The normalized spacial score (nSPS) is 21.3. The second-order valence-corrected chi connectivity index (χ2v) is 10.1. The van der Waals surface area contributed by atoms with E-state index in [9.17, 15) is 0 Å². The SMILES string of the molecule is CN(C)c1ccnc(N[C@H]2C3c4ccccc4C(c4ccccc43)[C@@H]2Nc2cc(N(C)C)ccn2)c1. The lowest BCUT2D eigenvalue weighted by atomic mass is 9.59. The summed E-state index contributed by atoms with van der Waals surface area (Å²) in [5, 5.41) is 7.72. The minimum atomic E-state index is 0.0922. The van der Waals surface area contributed by atoms with E-state index >= 15 is 0 Å². The van der Waals surface area contributed by atoms with Crippen molar-refractivity contribution >= 4 is 23.0 Å². The predicted molar refractivity (Wildman–Crippen MR) is 149 cm³/mol. The summed E-state index contributed by atoms with van der Waals surface area (Å²) in [6.45, 7) is 0. The van der Waals surface area contributed by atoms with Crippen LogP contribution in [0.1, 0.15) is 34.1 Å². The third kappa shape index (κ3) is 3.73. The summed E-state index contributed by atoms with van der Waals surface area (Å²) in [6, 6.07) is 26.3. The maximum absolute atomic E-state index is 4.70. The second-order valence-electron chi connectivity index (χ2n) is 10.1. The molecule has 2 N–H and O–H groups in total. The van der Waals surface area contributed by atoms with Crippen LogP contribution < -0.4 is 20.4 Å². The van der Waals surface area contributed by atoms with Crippen molar-refractivity contribution in [3.05, 3.63) is 107 Å². The fourth-order valence-electron chi connectivity index (χ4n) is 5.92. The van der Waals surface area contributed by atoms with E-state index in [0.717, 1.165) is 23.0 Å². The van der Waals surface area contributed by atoms with Gasteiger partial charge >= 0.3 is 0 Å². The van der Waals surface area contributed by atoms with E-state index in [1.165, 1.54) is 22.3 Å². The Bertz CT molecular complexity index is 1240.